The van der Waals surface area contributed by atoms with Gasteiger partial charge < -0.3 is 9.64 Å². The number of benzene rings is 1. The number of ether oxygens (including phenoxy) is 1. The molecule has 1 aromatic rings. The molecule has 0 radical (unpaired) electrons. The number of hydrogen-bond acceptors (Lipinski definition) is 5. The Labute approximate surface area is 153 Å². The van der Waals surface area contributed by atoms with E-state index in [9.17, 15) is 18.0 Å². The lowest BCUT2D eigenvalue weighted by Crippen LogP contribution is -2.40. The van der Waals surface area contributed by atoms with Gasteiger partial charge in [-0.25, -0.2) is 13.2 Å². The van der Waals surface area contributed by atoms with Crippen LogP contribution in [0.1, 0.15) is 43.0 Å². The molecule has 0 spiro atoms. The standard InChI is InChI=1S/C17H22ClNO5S/c1-12(16(20)19-9-5-3-4-6-10-19)24-17(21)14-11-13(25(2,22)23)7-8-15(14)18/h7-8,11-12H,3-6,9-10H2,1-2H3/t12-/m0/s1. The number of rotatable bonds is 4. The largest absolute Gasteiger partial charge is 0.449 e. The van der Waals surface area contributed by atoms with Crippen LogP contribution in [-0.4, -0.2) is 50.6 Å². The molecule has 0 aliphatic carbocycles. The van der Waals surface area contributed by atoms with E-state index in [1.807, 2.05) is 0 Å². The second-order valence-corrected chi connectivity index (χ2v) is 8.62. The van der Waals surface area contributed by atoms with Gasteiger partial charge in [-0.1, -0.05) is 24.4 Å². The van der Waals surface area contributed by atoms with Gasteiger partial charge in [0.25, 0.3) is 5.91 Å². The molecule has 1 amide bonds. The van der Waals surface area contributed by atoms with Crippen molar-refractivity contribution in [3.8, 4) is 0 Å². The van der Waals surface area contributed by atoms with Crippen molar-refractivity contribution in [3.05, 3.63) is 28.8 Å². The van der Waals surface area contributed by atoms with E-state index in [1.165, 1.54) is 25.1 Å². The van der Waals surface area contributed by atoms with Crippen molar-refractivity contribution in [1.29, 1.82) is 0 Å². The zero-order valence-electron chi connectivity index (χ0n) is 14.3. The highest BCUT2D eigenvalue weighted by Crippen LogP contribution is 2.22. The van der Waals surface area contributed by atoms with Crippen LogP contribution in [0.5, 0.6) is 0 Å². The van der Waals surface area contributed by atoms with E-state index in [0.717, 1.165) is 31.9 Å². The van der Waals surface area contributed by atoms with Crippen molar-refractivity contribution in [3.63, 3.8) is 0 Å². The fourth-order valence-electron chi connectivity index (χ4n) is 2.71. The summed E-state index contributed by atoms with van der Waals surface area (Å²) in [6.45, 7) is 2.83. The van der Waals surface area contributed by atoms with Gasteiger partial charge >= 0.3 is 5.97 Å². The second-order valence-electron chi connectivity index (χ2n) is 6.20. The second kappa shape index (κ2) is 8.19. The number of nitrogens with zero attached hydrogens (tertiary/aromatic N) is 1. The van der Waals surface area contributed by atoms with E-state index >= 15 is 0 Å². The summed E-state index contributed by atoms with van der Waals surface area (Å²) in [6.07, 6.45) is 4.14. The third-order valence-electron chi connectivity index (χ3n) is 4.14. The van der Waals surface area contributed by atoms with Crippen molar-refractivity contribution < 1.29 is 22.7 Å². The summed E-state index contributed by atoms with van der Waals surface area (Å²) in [5.41, 5.74) is -0.0693. The molecule has 0 saturated carbocycles. The highest BCUT2D eigenvalue weighted by molar-refractivity contribution is 7.90. The molecule has 138 valence electrons. The number of esters is 1. The number of amides is 1. The minimum Gasteiger partial charge on any atom is -0.449 e. The SMILES string of the molecule is C[C@H](OC(=O)c1cc(S(C)(=O)=O)ccc1Cl)C(=O)N1CCCCCC1. The molecular formula is C17H22ClNO5S. The molecule has 1 aromatic carbocycles. The van der Waals surface area contributed by atoms with Crippen LogP contribution >= 0.6 is 11.6 Å². The molecular weight excluding hydrogens is 366 g/mol. The topological polar surface area (TPSA) is 80.8 Å². The third-order valence-corrected chi connectivity index (χ3v) is 5.58. The minimum atomic E-state index is -3.48. The molecule has 1 atom stereocenters. The van der Waals surface area contributed by atoms with E-state index in [4.69, 9.17) is 16.3 Å². The Balaban J connectivity index is 2.11. The number of hydrogen-bond donors (Lipinski definition) is 0. The molecule has 25 heavy (non-hydrogen) atoms. The lowest BCUT2D eigenvalue weighted by atomic mass is 10.2. The van der Waals surface area contributed by atoms with Gasteiger partial charge in [0.1, 0.15) is 0 Å². The van der Waals surface area contributed by atoms with E-state index in [0.29, 0.717) is 13.1 Å². The van der Waals surface area contributed by atoms with Crippen molar-refractivity contribution in [1.82, 2.24) is 4.90 Å². The van der Waals surface area contributed by atoms with Crippen molar-refractivity contribution >= 4 is 33.3 Å². The fourth-order valence-corrected chi connectivity index (χ4v) is 3.56. The maximum Gasteiger partial charge on any atom is 0.340 e. The summed E-state index contributed by atoms with van der Waals surface area (Å²) in [7, 11) is -3.48. The van der Waals surface area contributed by atoms with Crippen LogP contribution in [0.15, 0.2) is 23.1 Å². The molecule has 1 aliphatic rings. The fraction of sp³-hybridized carbons (Fsp3) is 0.529. The Bertz CT molecular complexity index is 754. The Hall–Kier alpha value is -1.60. The first-order valence-electron chi connectivity index (χ1n) is 8.19. The quantitative estimate of drug-likeness (QED) is 0.742. The number of sulfone groups is 1. The summed E-state index contributed by atoms with van der Waals surface area (Å²) in [5, 5.41) is 0.0758. The van der Waals surface area contributed by atoms with E-state index in [1.54, 1.807) is 4.90 Å². The molecule has 0 N–H and O–H groups in total. The Morgan fingerprint density at radius 1 is 1.16 bits per heavy atom. The molecule has 0 unspecified atom stereocenters. The van der Waals surface area contributed by atoms with Crippen LogP contribution in [-0.2, 0) is 19.4 Å². The van der Waals surface area contributed by atoms with Crippen LogP contribution in [0.2, 0.25) is 5.02 Å². The molecule has 0 aromatic heterocycles. The van der Waals surface area contributed by atoms with Gasteiger partial charge in [-0.3, -0.25) is 4.79 Å². The summed E-state index contributed by atoms with van der Waals surface area (Å²) < 4.78 is 28.5. The molecule has 6 nitrogen and oxygen atoms in total. The van der Waals surface area contributed by atoms with Crippen LogP contribution in [0, 0.1) is 0 Å². The van der Waals surface area contributed by atoms with Crippen LogP contribution in [0.4, 0.5) is 0 Å². The lowest BCUT2D eigenvalue weighted by molar-refractivity contribution is -0.139. The first kappa shape index (κ1) is 19.7. The van der Waals surface area contributed by atoms with E-state index in [-0.39, 0.29) is 21.4 Å². The van der Waals surface area contributed by atoms with Crippen LogP contribution in [0.3, 0.4) is 0 Å². The van der Waals surface area contributed by atoms with Gasteiger partial charge in [-0.05, 0) is 38.0 Å². The first-order valence-corrected chi connectivity index (χ1v) is 10.5. The van der Waals surface area contributed by atoms with Gasteiger partial charge in [-0.15, -0.1) is 0 Å². The Morgan fingerprint density at radius 3 is 2.32 bits per heavy atom. The molecule has 1 saturated heterocycles. The summed E-state index contributed by atoms with van der Waals surface area (Å²) >= 11 is 5.98. The predicted molar refractivity (Wildman–Crippen MR) is 94.5 cm³/mol. The molecule has 1 heterocycles. The molecule has 1 aliphatic heterocycles. The molecule has 0 bridgehead atoms. The van der Waals surface area contributed by atoms with Gasteiger partial charge in [0.05, 0.1) is 15.5 Å². The average Bonchev–Trinajstić information content (AvgIpc) is 2.82. The highest BCUT2D eigenvalue weighted by atomic mass is 35.5. The normalized spacial score (nSPS) is 16.8. The molecule has 2 rings (SSSR count). The number of likely N-dealkylation sites (tertiary alicyclic amines) is 1. The lowest BCUT2D eigenvalue weighted by Gasteiger charge is -2.24. The Kier molecular flexibility index (Phi) is 6.46. The third kappa shape index (κ3) is 5.19. The van der Waals surface area contributed by atoms with Gasteiger partial charge in [0.2, 0.25) is 0 Å². The summed E-state index contributed by atoms with van der Waals surface area (Å²) in [6, 6.07) is 3.82. The highest BCUT2D eigenvalue weighted by Gasteiger charge is 2.26. The maximum absolute atomic E-state index is 12.4. The average molecular weight is 388 g/mol. The summed E-state index contributed by atoms with van der Waals surface area (Å²) in [4.78, 5) is 26.5. The zero-order valence-corrected chi connectivity index (χ0v) is 15.9. The summed E-state index contributed by atoms with van der Waals surface area (Å²) in [5.74, 6) is -1.06. The molecule has 1 fully saturated rings. The van der Waals surface area contributed by atoms with Gasteiger partial charge in [-0.2, -0.15) is 0 Å². The van der Waals surface area contributed by atoms with E-state index in [2.05, 4.69) is 0 Å². The van der Waals surface area contributed by atoms with Gasteiger partial charge in [0, 0.05) is 19.3 Å². The Morgan fingerprint density at radius 2 is 1.76 bits per heavy atom. The van der Waals surface area contributed by atoms with Crippen LogP contribution in [0.25, 0.3) is 0 Å². The minimum absolute atomic E-state index is 0.0321. The maximum atomic E-state index is 12.4. The van der Waals surface area contributed by atoms with Crippen LogP contribution < -0.4 is 0 Å². The van der Waals surface area contributed by atoms with Crippen molar-refractivity contribution in [2.24, 2.45) is 0 Å². The van der Waals surface area contributed by atoms with Crippen molar-refractivity contribution in [2.45, 2.75) is 43.6 Å². The van der Waals surface area contributed by atoms with Gasteiger partial charge in [0.15, 0.2) is 15.9 Å². The predicted octanol–water partition coefficient (Wildman–Crippen LogP) is 2.69. The smallest absolute Gasteiger partial charge is 0.340 e. The monoisotopic (exact) mass is 387 g/mol. The first-order chi connectivity index (χ1) is 11.7. The molecule has 8 heteroatoms. The van der Waals surface area contributed by atoms with E-state index < -0.39 is 21.9 Å². The number of halogens is 1. The number of carbonyl (C=O) groups is 2. The zero-order chi connectivity index (χ0) is 18.6. The number of carbonyl (C=O) groups excluding carboxylic acids is 2. The van der Waals surface area contributed by atoms with Crippen molar-refractivity contribution in [2.75, 3.05) is 19.3 Å².